The van der Waals surface area contributed by atoms with Gasteiger partial charge in [0, 0.05) is 30.1 Å². The lowest BCUT2D eigenvalue weighted by molar-refractivity contribution is 0.239. The minimum Gasteiger partial charge on any atom is -0.491 e. The van der Waals surface area contributed by atoms with Crippen LogP contribution in [0.4, 0.5) is 0 Å². The van der Waals surface area contributed by atoms with Gasteiger partial charge in [0.25, 0.3) is 0 Å². The highest BCUT2D eigenvalue weighted by atomic mass is 16.5. The van der Waals surface area contributed by atoms with Crippen molar-refractivity contribution in [3.8, 4) is 5.75 Å². The van der Waals surface area contributed by atoms with Gasteiger partial charge in [-0.15, -0.1) is 0 Å². The average molecular weight is 180 g/mol. The second-order valence-corrected chi connectivity index (χ2v) is 3.30. The molecule has 0 radical (unpaired) electrons. The molecular weight excluding hydrogens is 164 g/mol. The van der Waals surface area contributed by atoms with Gasteiger partial charge in [0.05, 0.1) is 6.10 Å². The zero-order chi connectivity index (χ0) is 9.84. The first kappa shape index (κ1) is 9.99. The van der Waals surface area contributed by atoms with Crippen molar-refractivity contribution in [1.29, 1.82) is 0 Å². The van der Waals surface area contributed by atoms with E-state index >= 15 is 0 Å². The summed E-state index contributed by atoms with van der Waals surface area (Å²) in [4.78, 5) is 4.16. The van der Waals surface area contributed by atoms with Crippen LogP contribution in [0.5, 0.6) is 5.75 Å². The largest absolute Gasteiger partial charge is 0.491 e. The van der Waals surface area contributed by atoms with E-state index in [4.69, 9.17) is 10.5 Å². The molecule has 0 saturated heterocycles. The summed E-state index contributed by atoms with van der Waals surface area (Å²) in [7, 11) is 0. The Balaban J connectivity index is 2.94. The molecule has 3 heteroatoms. The predicted octanol–water partition coefficient (Wildman–Crippen LogP) is 1.64. The Kier molecular flexibility index (Phi) is 3.25. The van der Waals surface area contributed by atoms with Crippen molar-refractivity contribution in [3.63, 3.8) is 0 Å². The molecule has 0 aliphatic rings. The summed E-state index contributed by atoms with van der Waals surface area (Å²) in [5.74, 6) is 0.852. The average Bonchev–Trinajstić information content (AvgIpc) is 2.03. The normalized spacial score (nSPS) is 10.5. The zero-order valence-electron chi connectivity index (χ0n) is 8.37. The molecular formula is C10H16N2O. The molecule has 0 fully saturated rings. The fourth-order valence-electron chi connectivity index (χ4n) is 1.08. The second kappa shape index (κ2) is 4.23. The number of hydrogen-bond donors (Lipinski definition) is 1. The number of nitrogens with zero attached hydrogens (tertiary/aromatic N) is 1. The SMILES string of the molecule is Cc1cc(OC(C)C)c(CN)cn1. The number of hydrogen-bond acceptors (Lipinski definition) is 3. The lowest BCUT2D eigenvalue weighted by Gasteiger charge is -2.13. The molecule has 3 nitrogen and oxygen atoms in total. The fraction of sp³-hybridized carbons (Fsp3) is 0.500. The Labute approximate surface area is 78.9 Å². The zero-order valence-corrected chi connectivity index (χ0v) is 8.37. The maximum Gasteiger partial charge on any atom is 0.127 e. The van der Waals surface area contributed by atoms with Crippen molar-refractivity contribution in [2.24, 2.45) is 5.73 Å². The van der Waals surface area contributed by atoms with Crippen molar-refractivity contribution >= 4 is 0 Å². The summed E-state index contributed by atoms with van der Waals surface area (Å²) in [5, 5.41) is 0. The number of aromatic nitrogens is 1. The summed E-state index contributed by atoms with van der Waals surface area (Å²) in [6.45, 7) is 6.40. The minimum atomic E-state index is 0.173. The second-order valence-electron chi connectivity index (χ2n) is 3.30. The van der Waals surface area contributed by atoms with Gasteiger partial charge in [-0.1, -0.05) is 0 Å². The molecule has 1 aromatic heterocycles. The van der Waals surface area contributed by atoms with E-state index < -0.39 is 0 Å². The first-order valence-electron chi connectivity index (χ1n) is 4.45. The van der Waals surface area contributed by atoms with E-state index in [9.17, 15) is 0 Å². The Morgan fingerprint density at radius 2 is 2.23 bits per heavy atom. The molecule has 0 aliphatic carbocycles. The maximum atomic E-state index is 5.60. The van der Waals surface area contributed by atoms with Gasteiger partial charge in [-0.25, -0.2) is 0 Å². The topological polar surface area (TPSA) is 48.1 Å². The minimum absolute atomic E-state index is 0.173. The molecule has 0 spiro atoms. The molecule has 0 atom stereocenters. The van der Waals surface area contributed by atoms with Crippen molar-refractivity contribution in [1.82, 2.24) is 4.98 Å². The highest BCUT2D eigenvalue weighted by molar-refractivity contribution is 5.32. The van der Waals surface area contributed by atoms with Gasteiger partial charge in [0.2, 0.25) is 0 Å². The molecule has 72 valence electrons. The van der Waals surface area contributed by atoms with Crippen LogP contribution in [0.25, 0.3) is 0 Å². The molecule has 13 heavy (non-hydrogen) atoms. The summed E-state index contributed by atoms with van der Waals surface area (Å²) >= 11 is 0. The Morgan fingerprint density at radius 3 is 2.77 bits per heavy atom. The van der Waals surface area contributed by atoms with E-state index in [0.717, 1.165) is 17.0 Å². The van der Waals surface area contributed by atoms with Crippen LogP contribution in [-0.4, -0.2) is 11.1 Å². The number of nitrogens with two attached hydrogens (primary N) is 1. The van der Waals surface area contributed by atoms with E-state index in [1.165, 1.54) is 0 Å². The number of pyridine rings is 1. The quantitative estimate of drug-likeness (QED) is 0.769. The van der Waals surface area contributed by atoms with Gasteiger partial charge in [-0.3, -0.25) is 4.98 Å². The van der Waals surface area contributed by atoms with E-state index in [-0.39, 0.29) is 6.10 Å². The van der Waals surface area contributed by atoms with Crippen molar-refractivity contribution in [2.45, 2.75) is 33.4 Å². The van der Waals surface area contributed by atoms with Crippen LogP contribution in [0.1, 0.15) is 25.1 Å². The van der Waals surface area contributed by atoms with Gasteiger partial charge in [0.1, 0.15) is 5.75 Å². The standard InChI is InChI=1S/C10H16N2O/c1-7(2)13-10-4-8(3)12-6-9(10)5-11/h4,6-7H,5,11H2,1-3H3. The van der Waals surface area contributed by atoms with Crippen LogP contribution < -0.4 is 10.5 Å². The van der Waals surface area contributed by atoms with Crippen LogP contribution >= 0.6 is 0 Å². The fourth-order valence-corrected chi connectivity index (χ4v) is 1.08. The lowest BCUT2D eigenvalue weighted by atomic mass is 10.2. The number of ether oxygens (including phenoxy) is 1. The van der Waals surface area contributed by atoms with E-state index in [1.54, 1.807) is 6.20 Å². The van der Waals surface area contributed by atoms with Gasteiger partial charge in [0.15, 0.2) is 0 Å². The summed E-state index contributed by atoms with van der Waals surface area (Å²) in [5.41, 5.74) is 7.47. The Morgan fingerprint density at radius 1 is 1.54 bits per heavy atom. The van der Waals surface area contributed by atoms with Crippen LogP contribution in [0.15, 0.2) is 12.3 Å². The van der Waals surface area contributed by atoms with Crippen molar-refractivity contribution in [3.05, 3.63) is 23.5 Å². The molecule has 0 aromatic carbocycles. The van der Waals surface area contributed by atoms with Crippen LogP contribution in [0.2, 0.25) is 0 Å². The highest BCUT2D eigenvalue weighted by Gasteiger charge is 2.04. The van der Waals surface area contributed by atoms with Gasteiger partial charge < -0.3 is 10.5 Å². The summed E-state index contributed by atoms with van der Waals surface area (Å²) in [6, 6.07) is 1.92. The molecule has 0 unspecified atom stereocenters. The predicted molar refractivity (Wildman–Crippen MR) is 52.6 cm³/mol. The van der Waals surface area contributed by atoms with Crippen molar-refractivity contribution < 1.29 is 4.74 Å². The first-order valence-corrected chi connectivity index (χ1v) is 4.45. The van der Waals surface area contributed by atoms with Gasteiger partial charge >= 0.3 is 0 Å². The Bertz CT molecular complexity index is 284. The molecule has 0 amide bonds. The molecule has 0 aliphatic heterocycles. The van der Waals surface area contributed by atoms with Gasteiger partial charge in [-0.2, -0.15) is 0 Å². The summed E-state index contributed by atoms with van der Waals surface area (Å²) < 4.78 is 5.60. The third kappa shape index (κ3) is 2.70. The molecule has 0 bridgehead atoms. The third-order valence-electron chi connectivity index (χ3n) is 1.66. The highest BCUT2D eigenvalue weighted by Crippen LogP contribution is 2.19. The van der Waals surface area contributed by atoms with E-state index in [1.807, 2.05) is 26.8 Å². The Hall–Kier alpha value is -1.09. The van der Waals surface area contributed by atoms with E-state index in [2.05, 4.69) is 4.98 Å². The van der Waals surface area contributed by atoms with Crippen LogP contribution in [0, 0.1) is 6.92 Å². The number of aryl methyl sites for hydroxylation is 1. The van der Waals surface area contributed by atoms with Crippen LogP contribution in [-0.2, 0) is 6.54 Å². The third-order valence-corrected chi connectivity index (χ3v) is 1.66. The lowest BCUT2D eigenvalue weighted by Crippen LogP contribution is -2.10. The van der Waals surface area contributed by atoms with Crippen LogP contribution in [0.3, 0.4) is 0 Å². The van der Waals surface area contributed by atoms with Crippen molar-refractivity contribution in [2.75, 3.05) is 0 Å². The molecule has 2 N–H and O–H groups in total. The van der Waals surface area contributed by atoms with Gasteiger partial charge in [-0.05, 0) is 20.8 Å². The van der Waals surface area contributed by atoms with E-state index in [0.29, 0.717) is 6.54 Å². The molecule has 1 aromatic rings. The molecule has 1 heterocycles. The first-order chi connectivity index (χ1) is 6.13. The maximum absolute atomic E-state index is 5.60. The number of rotatable bonds is 3. The monoisotopic (exact) mass is 180 g/mol. The molecule has 1 rings (SSSR count). The molecule has 0 saturated carbocycles. The smallest absolute Gasteiger partial charge is 0.127 e. The summed E-state index contributed by atoms with van der Waals surface area (Å²) in [6.07, 6.45) is 1.94.